The smallest absolute Gasteiger partial charge is 0.338 e. The molecule has 0 N–H and O–H groups in total. The van der Waals surface area contributed by atoms with E-state index in [0.717, 1.165) is 0 Å². The lowest BCUT2D eigenvalue weighted by molar-refractivity contribution is -0.169. The van der Waals surface area contributed by atoms with Crippen molar-refractivity contribution in [2.24, 2.45) is 17.3 Å². The Kier molecular flexibility index (Phi) is 10.2. The fourth-order valence-corrected chi connectivity index (χ4v) is 6.00. The normalized spacial score (nSPS) is 29.4. The number of hydrogen-bond acceptors (Lipinski definition) is 9. The molecular formula is C33H42O9. The lowest BCUT2D eigenvalue weighted by atomic mass is 9.76. The van der Waals surface area contributed by atoms with E-state index < -0.39 is 64.9 Å². The SMILES string of the molecule is CC(=O)O[C@H]1[C@@H](C)C[C@@]2(OC(C)=O)C(=O)C(C)=CCC(C)(C)[C@H](OC(C)=O)C[C@@H](OC(=O)c3ccccc3)C(C)=C[C@@H]12. The van der Waals surface area contributed by atoms with E-state index >= 15 is 0 Å². The minimum atomic E-state index is -1.64. The molecule has 1 saturated carbocycles. The lowest BCUT2D eigenvalue weighted by Gasteiger charge is -2.38. The van der Waals surface area contributed by atoms with Gasteiger partial charge in [-0.2, -0.15) is 0 Å². The number of allylic oxidation sites excluding steroid dienone is 1. The fourth-order valence-electron chi connectivity index (χ4n) is 6.00. The topological polar surface area (TPSA) is 122 Å². The number of ketones is 1. The van der Waals surface area contributed by atoms with E-state index in [1.165, 1.54) is 20.8 Å². The van der Waals surface area contributed by atoms with Crippen LogP contribution in [0.5, 0.6) is 0 Å². The van der Waals surface area contributed by atoms with Crippen molar-refractivity contribution in [2.75, 3.05) is 0 Å². The number of hydrogen-bond donors (Lipinski definition) is 0. The van der Waals surface area contributed by atoms with Crippen molar-refractivity contribution in [1.29, 1.82) is 0 Å². The zero-order valence-corrected chi connectivity index (χ0v) is 25.7. The van der Waals surface area contributed by atoms with Crippen LogP contribution in [0.4, 0.5) is 0 Å². The van der Waals surface area contributed by atoms with E-state index in [1.807, 2.05) is 20.8 Å². The quantitative estimate of drug-likeness (QED) is 0.258. The number of carbonyl (C=O) groups is 5. The van der Waals surface area contributed by atoms with Gasteiger partial charge in [0, 0.05) is 39.0 Å². The van der Waals surface area contributed by atoms with E-state index in [-0.39, 0.29) is 18.8 Å². The van der Waals surface area contributed by atoms with Crippen LogP contribution in [0, 0.1) is 17.3 Å². The van der Waals surface area contributed by atoms with E-state index in [4.69, 9.17) is 18.9 Å². The average Bonchev–Trinajstić information content (AvgIpc) is 3.15. The van der Waals surface area contributed by atoms with Crippen LogP contribution in [0.15, 0.2) is 53.6 Å². The molecule has 9 heteroatoms. The van der Waals surface area contributed by atoms with Gasteiger partial charge in [-0.15, -0.1) is 0 Å². The number of ether oxygens (including phenoxy) is 4. The Hall–Kier alpha value is -3.75. The molecule has 1 aromatic rings. The number of Topliss-reactive ketones (excluding diaryl/α,β-unsaturated/α-hetero) is 1. The van der Waals surface area contributed by atoms with Crippen LogP contribution in [-0.4, -0.2) is 53.6 Å². The van der Waals surface area contributed by atoms with Crippen molar-refractivity contribution in [1.82, 2.24) is 0 Å². The molecular weight excluding hydrogens is 540 g/mol. The van der Waals surface area contributed by atoms with E-state index in [2.05, 4.69) is 0 Å². The molecule has 0 aromatic heterocycles. The van der Waals surface area contributed by atoms with Gasteiger partial charge in [0.1, 0.15) is 18.3 Å². The third kappa shape index (κ3) is 7.36. The first-order valence-corrected chi connectivity index (χ1v) is 14.3. The van der Waals surface area contributed by atoms with Crippen molar-refractivity contribution in [3.63, 3.8) is 0 Å². The molecule has 0 bridgehead atoms. The second kappa shape index (κ2) is 13.0. The molecule has 3 rings (SSSR count). The Morgan fingerprint density at radius 2 is 1.50 bits per heavy atom. The average molecular weight is 583 g/mol. The Bertz CT molecular complexity index is 1280. The molecule has 9 nitrogen and oxygen atoms in total. The summed E-state index contributed by atoms with van der Waals surface area (Å²) in [7, 11) is 0. The molecule has 0 spiro atoms. The van der Waals surface area contributed by atoms with Crippen LogP contribution in [0.25, 0.3) is 0 Å². The first-order chi connectivity index (χ1) is 19.6. The van der Waals surface area contributed by atoms with Gasteiger partial charge in [0.05, 0.1) is 11.5 Å². The maximum Gasteiger partial charge on any atom is 0.338 e. The first-order valence-electron chi connectivity index (χ1n) is 14.3. The Morgan fingerprint density at radius 3 is 2.07 bits per heavy atom. The summed E-state index contributed by atoms with van der Waals surface area (Å²) < 4.78 is 23.4. The van der Waals surface area contributed by atoms with Crippen molar-refractivity contribution >= 4 is 29.7 Å². The van der Waals surface area contributed by atoms with Crippen molar-refractivity contribution in [3.8, 4) is 0 Å². The van der Waals surface area contributed by atoms with Gasteiger partial charge in [-0.1, -0.05) is 51.1 Å². The van der Waals surface area contributed by atoms with Crippen LogP contribution in [0.2, 0.25) is 0 Å². The minimum Gasteiger partial charge on any atom is -0.462 e. The van der Waals surface area contributed by atoms with Crippen LogP contribution in [0.3, 0.4) is 0 Å². The fraction of sp³-hybridized carbons (Fsp3) is 0.545. The van der Waals surface area contributed by atoms with Crippen LogP contribution < -0.4 is 0 Å². The third-order valence-electron chi connectivity index (χ3n) is 8.20. The predicted octanol–water partition coefficient (Wildman–Crippen LogP) is 5.32. The predicted molar refractivity (Wildman–Crippen MR) is 154 cm³/mol. The molecule has 0 aliphatic heterocycles. The summed E-state index contributed by atoms with van der Waals surface area (Å²) in [5, 5.41) is 0. The van der Waals surface area contributed by atoms with Crippen LogP contribution in [0.1, 0.15) is 85.0 Å². The van der Waals surface area contributed by atoms with E-state index in [1.54, 1.807) is 56.3 Å². The largest absolute Gasteiger partial charge is 0.462 e. The molecule has 6 atom stereocenters. The highest BCUT2D eigenvalue weighted by Crippen LogP contribution is 2.48. The van der Waals surface area contributed by atoms with Gasteiger partial charge in [-0.05, 0) is 49.5 Å². The lowest BCUT2D eigenvalue weighted by Crippen LogP contribution is -2.49. The monoisotopic (exact) mass is 582 g/mol. The van der Waals surface area contributed by atoms with Crippen molar-refractivity contribution in [3.05, 3.63) is 59.2 Å². The van der Waals surface area contributed by atoms with Crippen molar-refractivity contribution in [2.45, 2.75) is 98.6 Å². The second-order valence-electron chi connectivity index (χ2n) is 12.2. The molecule has 1 fully saturated rings. The van der Waals surface area contributed by atoms with Gasteiger partial charge in [0.15, 0.2) is 5.60 Å². The molecule has 2 aliphatic carbocycles. The molecule has 42 heavy (non-hydrogen) atoms. The number of esters is 4. The Morgan fingerprint density at radius 1 is 0.881 bits per heavy atom. The van der Waals surface area contributed by atoms with E-state index in [9.17, 15) is 24.0 Å². The number of carbonyl (C=O) groups excluding carboxylic acids is 5. The molecule has 0 radical (unpaired) electrons. The standard InChI is InChI=1S/C33H42O9/c1-19-14-15-32(7,8)28(39-22(4)34)17-27(41-31(38)25-12-10-9-11-13-25)20(2)16-26-29(40-23(5)35)21(3)18-33(26,30(19)37)42-24(6)36/h9-14,16,21,26-29H,15,17-18H2,1-8H3/t21-,26-,27+,28+,29-,33-/m0/s1. The first kappa shape index (κ1) is 32.8. The van der Waals surface area contributed by atoms with Gasteiger partial charge in [0.25, 0.3) is 0 Å². The van der Waals surface area contributed by atoms with Crippen LogP contribution >= 0.6 is 0 Å². The molecule has 0 saturated heterocycles. The summed E-state index contributed by atoms with van der Waals surface area (Å²) >= 11 is 0. The Balaban J connectivity index is 2.25. The summed E-state index contributed by atoms with van der Waals surface area (Å²) in [5.41, 5.74) is -1.04. The number of fused-ring (bicyclic) bond motifs is 1. The minimum absolute atomic E-state index is 0.134. The van der Waals surface area contributed by atoms with Gasteiger partial charge >= 0.3 is 23.9 Å². The zero-order chi connectivity index (χ0) is 31.4. The number of rotatable bonds is 5. The maximum absolute atomic E-state index is 14.2. The number of benzene rings is 1. The molecule has 0 heterocycles. The van der Waals surface area contributed by atoms with Gasteiger partial charge in [-0.25, -0.2) is 4.79 Å². The molecule has 1 aromatic carbocycles. The molecule has 2 aliphatic rings. The molecule has 228 valence electrons. The Labute approximate surface area is 247 Å². The van der Waals surface area contributed by atoms with Gasteiger partial charge in [-0.3, -0.25) is 19.2 Å². The highest BCUT2D eigenvalue weighted by atomic mass is 16.6. The maximum atomic E-state index is 14.2. The molecule has 0 unspecified atom stereocenters. The second-order valence-corrected chi connectivity index (χ2v) is 12.2. The summed E-state index contributed by atoms with van der Waals surface area (Å²) in [6, 6.07) is 8.51. The molecule has 0 amide bonds. The summed E-state index contributed by atoms with van der Waals surface area (Å²) in [4.78, 5) is 64.3. The summed E-state index contributed by atoms with van der Waals surface area (Å²) in [6.07, 6.45) is 1.73. The van der Waals surface area contributed by atoms with E-state index in [0.29, 0.717) is 23.1 Å². The van der Waals surface area contributed by atoms with Gasteiger partial charge < -0.3 is 18.9 Å². The van der Waals surface area contributed by atoms with Crippen molar-refractivity contribution < 1.29 is 42.9 Å². The highest BCUT2D eigenvalue weighted by Gasteiger charge is 2.60. The summed E-state index contributed by atoms with van der Waals surface area (Å²) in [5.74, 6) is -3.84. The summed E-state index contributed by atoms with van der Waals surface area (Å²) in [6.45, 7) is 12.9. The van der Waals surface area contributed by atoms with Gasteiger partial charge in [0.2, 0.25) is 5.78 Å². The zero-order valence-electron chi connectivity index (χ0n) is 25.7. The third-order valence-corrected chi connectivity index (χ3v) is 8.20. The highest BCUT2D eigenvalue weighted by molar-refractivity contribution is 6.03. The van der Waals surface area contributed by atoms with Crippen LogP contribution in [-0.2, 0) is 38.1 Å².